The Labute approximate surface area is 120 Å². The Morgan fingerprint density at radius 3 is 2.65 bits per heavy atom. The smallest absolute Gasteiger partial charge is 0.253 e. The van der Waals surface area contributed by atoms with Gasteiger partial charge in [0.15, 0.2) is 0 Å². The third-order valence-corrected chi connectivity index (χ3v) is 3.21. The Morgan fingerprint density at radius 2 is 2.05 bits per heavy atom. The van der Waals surface area contributed by atoms with E-state index in [1.54, 1.807) is 19.2 Å². The highest BCUT2D eigenvalue weighted by molar-refractivity contribution is 5.99. The number of carbonyl (C=O) groups is 1. The summed E-state index contributed by atoms with van der Waals surface area (Å²) < 4.78 is 13.6. The van der Waals surface area contributed by atoms with Crippen molar-refractivity contribution in [3.63, 3.8) is 0 Å². The van der Waals surface area contributed by atoms with Gasteiger partial charge in [0.2, 0.25) is 0 Å². The summed E-state index contributed by atoms with van der Waals surface area (Å²) in [4.78, 5) is 14.3. The fourth-order valence-corrected chi connectivity index (χ4v) is 2.13. The molecule has 0 aliphatic heterocycles. The molecule has 1 amide bonds. The summed E-state index contributed by atoms with van der Waals surface area (Å²) >= 11 is 0. The largest absolute Gasteiger partial charge is 0.385 e. The predicted octanol–water partition coefficient (Wildman–Crippen LogP) is 2.33. The van der Waals surface area contributed by atoms with Gasteiger partial charge < -0.3 is 15.5 Å². The lowest BCUT2D eigenvalue weighted by Gasteiger charge is -2.19. The summed E-state index contributed by atoms with van der Waals surface area (Å²) in [7, 11) is 1.61. The second kappa shape index (κ2) is 8.53. The molecule has 0 saturated carbocycles. The molecule has 0 aliphatic carbocycles. The molecule has 1 aromatic rings. The van der Waals surface area contributed by atoms with Crippen LogP contribution < -0.4 is 10.6 Å². The molecule has 0 radical (unpaired) electrons. The first-order valence-corrected chi connectivity index (χ1v) is 7.10. The van der Waals surface area contributed by atoms with E-state index in [0.717, 1.165) is 26.1 Å². The zero-order valence-electron chi connectivity index (χ0n) is 12.5. The van der Waals surface area contributed by atoms with Crippen LogP contribution in [0.3, 0.4) is 0 Å². The van der Waals surface area contributed by atoms with Gasteiger partial charge in [-0.25, -0.2) is 4.39 Å². The van der Waals surface area contributed by atoms with Crippen molar-refractivity contribution in [2.24, 2.45) is 0 Å². The van der Waals surface area contributed by atoms with E-state index < -0.39 is 5.82 Å². The number of nitrogens with zero attached hydrogens (tertiary/aromatic N) is 1. The van der Waals surface area contributed by atoms with Gasteiger partial charge in [0, 0.05) is 20.1 Å². The summed E-state index contributed by atoms with van der Waals surface area (Å²) in [5.41, 5.74) is 0.581. The van der Waals surface area contributed by atoms with Gasteiger partial charge >= 0.3 is 0 Å². The zero-order valence-corrected chi connectivity index (χ0v) is 12.5. The molecule has 112 valence electrons. The molecule has 20 heavy (non-hydrogen) atoms. The number of likely N-dealkylation sites (N-methyl/N-ethyl adjacent to an activating group) is 1. The monoisotopic (exact) mass is 281 g/mol. The molecule has 0 unspecified atom stereocenters. The Hall–Kier alpha value is -1.62. The fraction of sp³-hybridized carbons (Fsp3) is 0.533. The standard InChI is InChI=1S/C15H24FN3O/c1-4-10-19(5-2)11-9-18-15(20)12-7-6-8-13(16)14(12)17-3/h6-8,17H,4-5,9-11H2,1-3H3,(H,18,20). The minimum absolute atomic E-state index is 0.242. The molecule has 5 heteroatoms. The van der Waals surface area contributed by atoms with E-state index in [9.17, 15) is 9.18 Å². The van der Waals surface area contributed by atoms with Gasteiger partial charge in [-0.3, -0.25) is 4.79 Å². The van der Waals surface area contributed by atoms with Crippen molar-refractivity contribution in [2.45, 2.75) is 20.3 Å². The summed E-state index contributed by atoms with van der Waals surface area (Å²) in [5.74, 6) is -0.664. The quantitative estimate of drug-likeness (QED) is 0.768. The van der Waals surface area contributed by atoms with Crippen molar-refractivity contribution < 1.29 is 9.18 Å². The van der Waals surface area contributed by atoms with Crippen molar-refractivity contribution >= 4 is 11.6 Å². The molecule has 0 aromatic heterocycles. The minimum Gasteiger partial charge on any atom is -0.385 e. The number of anilines is 1. The van der Waals surface area contributed by atoms with Crippen molar-refractivity contribution in [1.29, 1.82) is 0 Å². The summed E-state index contributed by atoms with van der Waals surface area (Å²) in [6.45, 7) is 7.59. The highest BCUT2D eigenvalue weighted by Gasteiger charge is 2.13. The average molecular weight is 281 g/mol. The second-order valence-electron chi connectivity index (χ2n) is 4.60. The summed E-state index contributed by atoms with van der Waals surface area (Å²) in [6.07, 6.45) is 1.09. The Kier molecular flexibility index (Phi) is 7.01. The number of para-hydroxylation sites is 1. The number of hydrogen-bond acceptors (Lipinski definition) is 3. The van der Waals surface area contributed by atoms with Crippen LogP contribution in [0.1, 0.15) is 30.6 Å². The molecule has 0 heterocycles. The van der Waals surface area contributed by atoms with Gasteiger partial charge in [-0.1, -0.05) is 19.9 Å². The number of nitrogens with one attached hydrogen (secondary N) is 2. The maximum absolute atomic E-state index is 13.6. The minimum atomic E-state index is -0.415. The van der Waals surface area contributed by atoms with Crippen LogP contribution in [0.4, 0.5) is 10.1 Å². The third kappa shape index (κ3) is 4.49. The molecule has 0 fully saturated rings. The maximum atomic E-state index is 13.6. The van der Waals surface area contributed by atoms with Gasteiger partial charge in [0.1, 0.15) is 5.82 Å². The zero-order chi connectivity index (χ0) is 15.0. The summed E-state index contributed by atoms with van der Waals surface area (Å²) in [5, 5.41) is 5.57. The SMILES string of the molecule is CCCN(CC)CCNC(=O)c1cccc(F)c1NC. The normalized spacial score (nSPS) is 10.7. The van der Waals surface area contributed by atoms with Crippen molar-refractivity contribution in [3.05, 3.63) is 29.6 Å². The van der Waals surface area contributed by atoms with Crippen LogP contribution in [0, 0.1) is 5.82 Å². The lowest BCUT2D eigenvalue weighted by atomic mass is 10.1. The molecular weight excluding hydrogens is 257 g/mol. The number of carbonyl (C=O) groups excluding carboxylic acids is 1. The average Bonchev–Trinajstić information content (AvgIpc) is 2.45. The number of hydrogen-bond donors (Lipinski definition) is 2. The van der Waals surface area contributed by atoms with E-state index in [2.05, 4.69) is 29.4 Å². The van der Waals surface area contributed by atoms with Crippen LogP contribution in [0.2, 0.25) is 0 Å². The van der Waals surface area contributed by atoms with Crippen LogP contribution in [0.5, 0.6) is 0 Å². The van der Waals surface area contributed by atoms with E-state index >= 15 is 0 Å². The first-order valence-electron chi connectivity index (χ1n) is 7.10. The first-order chi connectivity index (χ1) is 9.63. The Balaban J connectivity index is 2.57. The van der Waals surface area contributed by atoms with Gasteiger partial charge in [0.05, 0.1) is 11.3 Å². The van der Waals surface area contributed by atoms with Gasteiger partial charge in [0.25, 0.3) is 5.91 Å². The Bertz CT molecular complexity index is 437. The molecule has 1 aromatic carbocycles. The van der Waals surface area contributed by atoms with Crippen molar-refractivity contribution in [1.82, 2.24) is 10.2 Å². The van der Waals surface area contributed by atoms with Crippen molar-refractivity contribution in [2.75, 3.05) is 38.5 Å². The molecule has 0 bridgehead atoms. The highest BCUT2D eigenvalue weighted by Crippen LogP contribution is 2.18. The van der Waals surface area contributed by atoms with Gasteiger partial charge in [-0.05, 0) is 31.6 Å². The van der Waals surface area contributed by atoms with Crippen LogP contribution in [0.25, 0.3) is 0 Å². The van der Waals surface area contributed by atoms with E-state index in [4.69, 9.17) is 0 Å². The Morgan fingerprint density at radius 1 is 1.30 bits per heavy atom. The molecule has 0 atom stereocenters. The summed E-state index contributed by atoms with van der Waals surface area (Å²) in [6, 6.07) is 4.50. The highest BCUT2D eigenvalue weighted by atomic mass is 19.1. The van der Waals surface area contributed by atoms with E-state index in [-0.39, 0.29) is 11.6 Å². The van der Waals surface area contributed by atoms with Crippen LogP contribution in [-0.2, 0) is 0 Å². The molecule has 0 saturated heterocycles. The number of benzene rings is 1. The molecular formula is C15H24FN3O. The lowest BCUT2D eigenvalue weighted by Crippen LogP contribution is -2.35. The molecule has 2 N–H and O–H groups in total. The molecule has 0 aliphatic rings. The topological polar surface area (TPSA) is 44.4 Å². The lowest BCUT2D eigenvalue weighted by molar-refractivity contribution is 0.0949. The molecule has 0 spiro atoms. The van der Waals surface area contributed by atoms with Crippen molar-refractivity contribution in [3.8, 4) is 0 Å². The first kappa shape index (κ1) is 16.4. The fourth-order valence-electron chi connectivity index (χ4n) is 2.13. The maximum Gasteiger partial charge on any atom is 0.253 e. The van der Waals surface area contributed by atoms with E-state index in [1.165, 1.54) is 6.07 Å². The molecule has 1 rings (SSSR count). The van der Waals surface area contributed by atoms with Crippen LogP contribution in [-0.4, -0.2) is 44.0 Å². The number of halogens is 1. The second-order valence-corrected chi connectivity index (χ2v) is 4.60. The van der Waals surface area contributed by atoms with E-state index in [0.29, 0.717) is 12.1 Å². The number of rotatable bonds is 8. The van der Waals surface area contributed by atoms with Crippen LogP contribution in [0.15, 0.2) is 18.2 Å². The van der Waals surface area contributed by atoms with Gasteiger partial charge in [-0.2, -0.15) is 0 Å². The predicted molar refractivity (Wildman–Crippen MR) is 80.7 cm³/mol. The third-order valence-electron chi connectivity index (χ3n) is 3.21. The van der Waals surface area contributed by atoms with E-state index in [1.807, 2.05) is 0 Å². The van der Waals surface area contributed by atoms with Crippen LogP contribution >= 0.6 is 0 Å². The van der Waals surface area contributed by atoms with Gasteiger partial charge in [-0.15, -0.1) is 0 Å². The molecule has 4 nitrogen and oxygen atoms in total. The number of amides is 1.